The molecule has 1 aromatic heterocycles. The predicted molar refractivity (Wildman–Crippen MR) is 83.7 cm³/mol. The molecule has 0 fully saturated rings. The fourth-order valence-electron chi connectivity index (χ4n) is 1.48. The zero-order chi connectivity index (χ0) is 15.9. The molecule has 0 bridgehead atoms. The van der Waals surface area contributed by atoms with E-state index in [1.54, 1.807) is 6.08 Å². The van der Waals surface area contributed by atoms with E-state index < -0.39 is 6.03 Å². The summed E-state index contributed by atoms with van der Waals surface area (Å²) in [5, 5.41) is 9.42. The number of halogens is 1. The third-order valence-electron chi connectivity index (χ3n) is 2.47. The summed E-state index contributed by atoms with van der Waals surface area (Å²) in [7, 11) is 0. The number of nitrogens with zero attached hydrogens (tertiary/aromatic N) is 1. The van der Waals surface area contributed by atoms with Crippen LogP contribution in [0.4, 0.5) is 20.0 Å². The Labute approximate surface area is 130 Å². The first-order valence-electron chi connectivity index (χ1n) is 6.26. The Kier molecular flexibility index (Phi) is 5.21. The van der Waals surface area contributed by atoms with Gasteiger partial charge in [0.2, 0.25) is 0 Å². The number of thiazole rings is 1. The summed E-state index contributed by atoms with van der Waals surface area (Å²) in [5.41, 5.74) is 0.656. The zero-order valence-corrected chi connectivity index (χ0v) is 12.2. The Hall–Kier alpha value is -2.74. The number of rotatable bonds is 5. The van der Waals surface area contributed by atoms with Crippen LogP contribution in [0.3, 0.4) is 0 Å². The minimum Gasteiger partial charge on any atom is -0.347 e. The molecular formula is C14H13FN4O2S. The summed E-state index contributed by atoms with van der Waals surface area (Å²) >= 11 is 1.12. The summed E-state index contributed by atoms with van der Waals surface area (Å²) < 4.78 is 12.8. The van der Waals surface area contributed by atoms with E-state index in [1.807, 2.05) is 0 Å². The van der Waals surface area contributed by atoms with Gasteiger partial charge >= 0.3 is 6.03 Å². The standard InChI is InChI=1S/C14H13FN4O2S/c1-2-7-16-12(20)11-8-22-14(18-11)19-13(21)17-10-5-3-9(15)4-6-10/h2-6,8H,1,7H2,(H,16,20)(H2,17,18,19,21). The van der Waals surface area contributed by atoms with Crippen molar-refractivity contribution in [2.75, 3.05) is 17.2 Å². The second-order valence-corrected chi connectivity index (χ2v) is 4.98. The van der Waals surface area contributed by atoms with Crippen LogP contribution < -0.4 is 16.0 Å². The van der Waals surface area contributed by atoms with Crippen LogP contribution in [0.5, 0.6) is 0 Å². The van der Waals surface area contributed by atoms with Gasteiger partial charge in [-0.05, 0) is 24.3 Å². The van der Waals surface area contributed by atoms with Crippen molar-refractivity contribution in [2.24, 2.45) is 0 Å². The molecule has 22 heavy (non-hydrogen) atoms. The molecule has 0 atom stereocenters. The van der Waals surface area contributed by atoms with Gasteiger partial charge in [0.25, 0.3) is 5.91 Å². The maximum atomic E-state index is 12.8. The molecule has 1 aromatic carbocycles. The van der Waals surface area contributed by atoms with Crippen molar-refractivity contribution in [3.8, 4) is 0 Å². The minimum atomic E-state index is -0.529. The Morgan fingerprint density at radius 1 is 1.27 bits per heavy atom. The quantitative estimate of drug-likeness (QED) is 0.741. The molecule has 0 unspecified atom stereocenters. The van der Waals surface area contributed by atoms with E-state index in [9.17, 15) is 14.0 Å². The number of hydrogen-bond donors (Lipinski definition) is 3. The highest BCUT2D eigenvalue weighted by Crippen LogP contribution is 2.16. The second kappa shape index (κ2) is 7.32. The molecule has 0 saturated heterocycles. The third kappa shape index (κ3) is 4.38. The third-order valence-corrected chi connectivity index (χ3v) is 3.22. The van der Waals surface area contributed by atoms with Gasteiger partial charge in [-0.25, -0.2) is 14.2 Å². The number of nitrogens with one attached hydrogen (secondary N) is 3. The number of amides is 3. The second-order valence-electron chi connectivity index (χ2n) is 4.12. The van der Waals surface area contributed by atoms with Crippen LogP contribution >= 0.6 is 11.3 Å². The van der Waals surface area contributed by atoms with Crippen LogP contribution in [-0.2, 0) is 0 Å². The lowest BCUT2D eigenvalue weighted by Gasteiger charge is -2.04. The molecule has 8 heteroatoms. The van der Waals surface area contributed by atoms with E-state index in [-0.39, 0.29) is 22.5 Å². The molecule has 0 spiro atoms. The van der Waals surface area contributed by atoms with Gasteiger partial charge in [0, 0.05) is 17.6 Å². The van der Waals surface area contributed by atoms with E-state index in [0.29, 0.717) is 12.2 Å². The average molecular weight is 320 g/mol. The lowest BCUT2D eigenvalue weighted by molar-refractivity contribution is 0.0954. The Morgan fingerprint density at radius 3 is 2.68 bits per heavy atom. The minimum absolute atomic E-state index is 0.212. The zero-order valence-electron chi connectivity index (χ0n) is 11.4. The SMILES string of the molecule is C=CCNC(=O)c1csc(NC(=O)Nc2ccc(F)cc2)n1. The summed E-state index contributed by atoms with van der Waals surface area (Å²) in [5.74, 6) is -0.732. The number of aromatic nitrogens is 1. The number of hydrogen-bond acceptors (Lipinski definition) is 4. The van der Waals surface area contributed by atoms with Gasteiger partial charge in [-0.15, -0.1) is 17.9 Å². The summed E-state index contributed by atoms with van der Waals surface area (Å²) in [6, 6.07) is 4.82. The van der Waals surface area contributed by atoms with E-state index >= 15 is 0 Å². The molecule has 3 amide bonds. The van der Waals surface area contributed by atoms with Crippen molar-refractivity contribution in [3.63, 3.8) is 0 Å². The molecule has 3 N–H and O–H groups in total. The molecule has 0 aliphatic heterocycles. The molecule has 0 aliphatic rings. The molecule has 0 saturated carbocycles. The summed E-state index contributed by atoms with van der Waals surface area (Å²) in [6.07, 6.45) is 1.56. The van der Waals surface area contributed by atoms with Crippen LogP contribution in [-0.4, -0.2) is 23.5 Å². The van der Waals surface area contributed by atoms with Crippen molar-refractivity contribution < 1.29 is 14.0 Å². The molecule has 1 heterocycles. The highest BCUT2D eigenvalue weighted by molar-refractivity contribution is 7.14. The van der Waals surface area contributed by atoms with Crippen LogP contribution in [0.2, 0.25) is 0 Å². The highest BCUT2D eigenvalue weighted by Gasteiger charge is 2.11. The molecule has 2 aromatic rings. The van der Waals surface area contributed by atoms with Gasteiger partial charge in [0.05, 0.1) is 0 Å². The number of carbonyl (C=O) groups is 2. The van der Waals surface area contributed by atoms with E-state index in [4.69, 9.17) is 0 Å². The highest BCUT2D eigenvalue weighted by atomic mass is 32.1. The van der Waals surface area contributed by atoms with Crippen LogP contribution in [0, 0.1) is 5.82 Å². The van der Waals surface area contributed by atoms with Gasteiger partial charge in [0.15, 0.2) is 5.13 Å². The topological polar surface area (TPSA) is 83.1 Å². The first-order valence-corrected chi connectivity index (χ1v) is 7.14. The Balaban J connectivity index is 1.91. The van der Waals surface area contributed by atoms with Crippen LogP contribution in [0.25, 0.3) is 0 Å². The lowest BCUT2D eigenvalue weighted by Crippen LogP contribution is -2.24. The van der Waals surface area contributed by atoms with Crippen molar-refractivity contribution in [3.05, 3.63) is 53.8 Å². The van der Waals surface area contributed by atoms with Crippen LogP contribution in [0.15, 0.2) is 42.3 Å². The van der Waals surface area contributed by atoms with Crippen LogP contribution in [0.1, 0.15) is 10.5 Å². The van der Waals surface area contributed by atoms with Crippen molar-refractivity contribution in [1.82, 2.24) is 10.3 Å². The maximum Gasteiger partial charge on any atom is 0.325 e. The van der Waals surface area contributed by atoms with Gasteiger partial charge in [0.1, 0.15) is 11.5 Å². The fourth-order valence-corrected chi connectivity index (χ4v) is 2.17. The predicted octanol–water partition coefficient (Wildman–Crippen LogP) is 2.84. The van der Waals surface area contributed by atoms with Gasteiger partial charge in [-0.3, -0.25) is 10.1 Å². The van der Waals surface area contributed by atoms with Crippen molar-refractivity contribution in [1.29, 1.82) is 0 Å². The lowest BCUT2D eigenvalue weighted by atomic mass is 10.3. The number of urea groups is 1. The number of carbonyl (C=O) groups excluding carboxylic acids is 2. The first kappa shape index (κ1) is 15.6. The van der Waals surface area contributed by atoms with E-state index in [1.165, 1.54) is 29.6 Å². The summed E-state index contributed by atoms with van der Waals surface area (Å²) in [4.78, 5) is 27.4. The van der Waals surface area contributed by atoms with Crippen molar-refractivity contribution in [2.45, 2.75) is 0 Å². The largest absolute Gasteiger partial charge is 0.347 e. The molecule has 0 aliphatic carbocycles. The van der Waals surface area contributed by atoms with E-state index in [0.717, 1.165) is 11.3 Å². The number of benzene rings is 1. The van der Waals surface area contributed by atoms with Crippen molar-refractivity contribution >= 4 is 34.1 Å². The molecular weight excluding hydrogens is 307 g/mol. The summed E-state index contributed by atoms with van der Waals surface area (Å²) in [6.45, 7) is 3.83. The smallest absolute Gasteiger partial charge is 0.325 e. The van der Waals surface area contributed by atoms with Gasteiger partial charge in [-0.2, -0.15) is 0 Å². The van der Waals surface area contributed by atoms with Gasteiger partial charge < -0.3 is 10.6 Å². The molecule has 6 nitrogen and oxygen atoms in total. The Morgan fingerprint density at radius 2 is 2.00 bits per heavy atom. The normalized spacial score (nSPS) is 9.86. The average Bonchev–Trinajstić information content (AvgIpc) is 2.95. The maximum absolute atomic E-state index is 12.8. The Bertz CT molecular complexity index is 684. The van der Waals surface area contributed by atoms with Gasteiger partial charge in [-0.1, -0.05) is 6.08 Å². The number of anilines is 2. The molecule has 0 radical (unpaired) electrons. The monoisotopic (exact) mass is 320 g/mol. The molecule has 114 valence electrons. The first-order chi connectivity index (χ1) is 10.6. The van der Waals surface area contributed by atoms with E-state index in [2.05, 4.69) is 27.5 Å². The fraction of sp³-hybridized carbons (Fsp3) is 0.0714. The molecule has 2 rings (SSSR count).